The van der Waals surface area contributed by atoms with Crippen molar-refractivity contribution in [1.29, 1.82) is 0 Å². The average molecular weight is 309 g/mol. The van der Waals surface area contributed by atoms with E-state index in [4.69, 9.17) is 0 Å². The van der Waals surface area contributed by atoms with Crippen molar-refractivity contribution in [2.75, 3.05) is 0 Å². The summed E-state index contributed by atoms with van der Waals surface area (Å²) in [6.07, 6.45) is 0. The minimum atomic E-state index is 0. The molecule has 0 aliphatic rings. The first-order valence-electron chi connectivity index (χ1n) is 4.98. The fourth-order valence-corrected chi connectivity index (χ4v) is 1.44. The summed E-state index contributed by atoms with van der Waals surface area (Å²) >= 11 is 0. The van der Waals surface area contributed by atoms with Gasteiger partial charge in [-0.25, -0.2) is 23.3 Å². The van der Waals surface area contributed by atoms with Gasteiger partial charge in [-0.1, -0.05) is 27.7 Å². The summed E-state index contributed by atoms with van der Waals surface area (Å²) < 4.78 is 0. The zero-order chi connectivity index (χ0) is 10.6. The van der Waals surface area contributed by atoms with Gasteiger partial charge in [0.15, 0.2) is 0 Å². The van der Waals surface area contributed by atoms with Gasteiger partial charge in [0.1, 0.15) is 0 Å². The van der Waals surface area contributed by atoms with Crippen LogP contribution in [0.2, 0.25) is 0 Å². The van der Waals surface area contributed by atoms with E-state index in [1.165, 1.54) is 22.3 Å². The molecule has 0 nitrogen and oxygen atoms in total. The van der Waals surface area contributed by atoms with Crippen LogP contribution in [-0.4, -0.2) is 0 Å². The third-order valence-electron chi connectivity index (χ3n) is 2.13. The molecule has 0 aliphatic carbocycles. The first kappa shape index (κ1) is 22.0. The van der Waals surface area contributed by atoms with Crippen LogP contribution in [0.15, 0.2) is 36.4 Å². The van der Waals surface area contributed by atoms with Crippen LogP contribution in [0.4, 0.5) is 0 Å². The van der Waals surface area contributed by atoms with E-state index in [0.29, 0.717) is 0 Å². The second kappa shape index (κ2) is 10.9. The monoisotopic (exact) mass is 308 g/mol. The number of hydrogen-bond donors (Lipinski definition) is 0. The zero-order valence-electron chi connectivity index (χ0n) is 10.6. The second-order valence-corrected chi connectivity index (χ2v) is 3.93. The molecular weight excluding hydrogens is 291 g/mol. The number of hydrogen-bond acceptors (Lipinski definition) is 0. The Bertz CT molecular complexity index is 317. The number of aryl methyl sites for hydroxylation is 4. The molecule has 2 rings (SSSR count). The molecular formula is C14H18Cl2Cr. The van der Waals surface area contributed by atoms with Gasteiger partial charge in [0.25, 0.3) is 0 Å². The molecule has 0 unspecified atom stereocenters. The smallest absolute Gasteiger partial charge is 1.00 e. The van der Waals surface area contributed by atoms with Crippen molar-refractivity contribution in [2.45, 2.75) is 27.7 Å². The Balaban J connectivity index is -0.000000196. The van der Waals surface area contributed by atoms with Crippen LogP contribution >= 0.6 is 0 Å². The van der Waals surface area contributed by atoms with E-state index < -0.39 is 0 Å². The molecule has 17 heavy (non-hydrogen) atoms. The second-order valence-electron chi connectivity index (χ2n) is 3.93. The molecule has 0 aliphatic heterocycles. The molecule has 0 spiro atoms. The predicted molar refractivity (Wildman–Crippen MR) is 63.0 cm³/mol. The third-order valence-corrected chi connectivity index (χ3v) is 2.13. The maximum absolute atomic E-state index is 2.17. The number of rotatable bonds is 0. The Kier molecular flexibility index (Phi) is 14.2. The van der Waals surface area contributed by atoms with Crippen molar-refractivity contribution in [2.24, 2.45) is 0 Å². The Morgan fingerprint density at radius 1 is 0.765 bits per heavy atom. The van der Waals surface area contributed by atoms with Crippen LogP contribution in [0.1, 0.15) is 22.3 Å². The van der Waals surface area contributed by atoms with E-state index in [2.05, 4.69) is 64.1 Å². The SMILES string of the molecule is Cc1cc[c-](C)c1.Cc1cc[c-](C)c1.[Cl-].[Cl-].[Cr+4]. The van der Waals surface area contributed by atoms with Crippen LogP contribution in [0.3, 0.4) is 0 Å². The van der Waals surface area contributed by atoms with Crippen LogP contribution in [0, 0.1) is 27.7 Å². The van der Waals surface area contributed by atoms with Gasteiger partial charge in [-0.2, -0.15) is 35.4 Å². The Morgan fingerprint density at radius 3 is 1.12 bits per heavy atom. The van der Waals surface area contributed by atoms with E-state index in [-0.39, 0.29) is 42.2 Å². The van der Waals surface area contributed by atoms with Crippen LogP contribution in [-0.2, 0) is 17.4 Å². The maximum atomic E-state index is 2.17. The summed E-state index contributed by atoms with van der Waals surface area (Å²) in [7, 11) is 0. The first-order valence-corrected chi connectivity index (χ1v) is 4.98. The summed E-state index contributed by atoms with van der Waals surface area (Å²) in [6, 6.07) is 12.8. The molecule has 0 N–H and O–H groups in total. The molecule has 0 atom stereocenters. The molecule has 0 saturated heterocycles. The zero-order valence-corrected chi connectivity index (χ0v) is 13.4. The van der Waals surface area contributed by atoms with Gasteiger partial charge in [0.2, 0.25) is 0 Å². The molecule has 0 amide bonds. The Labute approximate surface area is 128 Å². The van der Waals surface area contributed by atoms with Gasteiger partial charge in [0.05, 0.1) is 0 Å². The minimum absolute atomic E-state index is 0. The van der Waals surface area contributed by atoms with Gasteiger partial charge in [0, 0.05) is 0 Å². The summed E-state index contributed by atoms with van der Waals surface area (Å²) in [5.74, 6) is 0. The van der Waals surface area contributed by atoms with Gasteiger partial charge in [-0.3, -0.25) is 0 Å². The van der Waals surface area contributed by atoms with E-state index in [1.54, 1.807) is 0 Å². The van der Waals surface area contributed by atoms with Crippen molar-refractivity contribution < 1.29 is 42.2 Å². The third kappa shape index (κ3) is 9.51. The molecule has 0 aromatic heterocycles. The van der Waals surface area contributed by atoms with Gasteiger partial charge in [-0.15, -0.1) is 0 Å². The molecule has 0 fully saturated rings. The predicted octanol–water partition coefficient (Wildman–Crippen LogP) is -1.95. The van der Waals surface area contributed by atoms with Crippen molar-refractivity contribution in [3.8, 4) is 0 Å². The Hall–Kier alpha value is -0.188. The minimum Gasteiger partial charge on any atom is -1.00 e. The molecule has 0 heterocycles. The van der Waals surface area contributed by atoms with E-state index in [0.717, 1.165) is 0 Å². The summed E-state index contributed by atoms with van der Waals surface area (Å²) in [5.41, 5.74) is 5.44. The quantitative estimate of drug-likeness (QED) is 0.496. The normalized spacial score (nSPS) is 7.76. The van der Waals surface area contributed by atoms with Crippen molar-refractivity contribution >= 4 is 0 Å². The van der Waals surface area contributed by atoms with Gasteiger partial charge >= 0.3 is 17.4 Å². The van der Waals surface area contributed by atoms with E-state index in [9.17, 15) is 0 Å². The maximum Gasteiger partial charge on any atom is 4.00 e. The first-order chi connectivity index (χ1) is 6.58. The number of halogens is 2. The topological polar surface area (TPSA) is 0 Å². The molecule has 2 aromatic rings. The summed E-state index contributed by atoms with van der Waals surface area (Å²) in [4.78, 5) is 0. The molecule has 2 aromatic carbocycles. The van der Waals surface area contributed by atoms with Gasteiger partial charge < -0.3 is 24.8 Å². The molecule has 0 radical (unpaired) electrons. The standard InChI is InChI=1S/2C7H9.2ClH.Cr/c2*1-6-3-4-7(2)5-6;;;/h2*3-5H,1-2H3;2*1H;/q2*-1;;;+4/p-2. The largest absolute Gasteiger partial charge is 4.00 e. The fraction of sp³-hybridized carbons (Fsp3) is 0.286. The van der Waals surface area contributed by atoms with E-state index >= 15 is 0 Å². The molecule has 0 saturated carbocycles. The molecule has 3 heteroatoms. The van der Waals surface area contributed by atoms with Crippen molar-refractivity contribution in [3.05, 3.63) is 58.7 Å². The van der Waals surface area contributed by atoms with Crippen LogP contribution in [0.5, 0.6) is 0 Å². The van der Waals surface area contributed by atoms with Crippen LogP contribution in [0.25, 0.3) is 0 Å². The van der Waals surface area contributed by atoms with Gasteiger partial charge in [-0.05, 0) is 0 Å². The fourth-order valence-electron chi connectivity index (χ4n) is 1.44. The molecule has 94 valence electrons. The van der Waals surface area contributed by atoms with Crippen LogP contribution < -0.4 is 24.8 Å². The summed E-state index contributed by atoms with van der Waals surface area (Å²) in [6.45, 7) is 8.42. The van der Waals surface area contributed by atoms with E-state index in [1.807, 2.05) is 0 Å². The average Bonchev–Trinajstić information content (AvgIpc) is 2.63. The Morgan fingerprint density at radius 2 is 1.06 bits per heavy atom. The molecule has 0 bridgehead atoms. The summed E-state index contributed by atoms with van der Waals surface area (Å²) in [5, 5.41) is 0. The van der Waals surface area contributed by atoms with Crippen molar-refractivity contribution in [3.63, 3.8) is 0 Å². The van der Waals surface area contributed by atoms with Crippen molar-refractivity contribution in [1.82, 2.24) is 0 Å².